The number of hydrogen-bond donors (Lipinski definition) is 0. The summed E-state index contributed by atoms with van der Waals surface area (Å²) >= 11 is 5.62. The first kappa shape index (κ1) is 11.8. The first-order chi connectivity index (χ1) is 7.04. The second kappa shape index (κ2) is 5.02. The fourth-order valence-electron chi connectivity index (χ4n) is 1.000. The summed E-state index contributed by atoms with van der Waals surface area (Å²) in [6.07, 6.45) is -2.97. The molecule has 0 spiro atoms. The number of aromatic nitrogens is 1. The van der Waals surface area contributed by atoms with Crippen LogP contribution in [0.3, 0.4) is 0 Å². The third-order valence-corrected chi connectivity index (χ3v) is 2.02. The maximum Gasteiger partial charge on any atom is 0.356 e. The molecule has 1 aromatic heterocycles. The first-order valence-corrected chi connectivity index (χ1v) is 4.44. The van der Waals surface area contributed by atoms with Crippen LogP contribution < -0.4 is 0 Å². The van der Waals surface area contributed by atoms with Crippen molar-refractivity contribution in [3.63, 3.8) is 0 Å². The average molecular weight is 236 g/mol. The highest BCUT2D eigenvalue weighted by Gasteiger charge is 2.13. The lowest BCUT2D eigenvalue weighted by Crippen LogP contribution is -2.06. The molecule has 0 aliphatic rings. The van der Waals surface area contributed by atoms with Gasteiger partial charge >= 0.3 is 5.97 Å². The molecule has 1 rings (SSSR count). The molecule has 82 valence electrons. The molecule has 0 fully saturated rings. The maximum atomic E-state index is 12.0. The van der Waals surface area contributed by atoms with Crippen molar-refractivity contribution in [2.45, 2.75) is 12.8 Å². The molecule has 0 saturated heterocycles. The van der Waals surface area contributed by atoms with Gasteiger partial charge in [-0.2, -0.15) is 0 Å². The van der Waals surface area contributed by atoms with E-state index in [0.29, 0.717) is 0 Å². The number of alkyl halides is 2. The molecule has 0 aliphatic heterocycles. The Morgan fingerprint density at radius 3 is 2.73 bits per heavy atom. The molecular formula is C9H8ClF2NO2. The van der Waals surface area contributed by atoms with Crippen molar-refractivity contribution < 1.29 is 18.3 Å². The fourth-order valence-corrected chi connectivity index (χ4v) is 1.23. The molecule has 0 bridgehead atoms. The maximum absolute atomic E-state index is 12.0. The summed E-state index contributed by atoms with van der Waals surface area (Å²) in [6, 6.07) is 2.64. The normalized spacial score (nSPS) is 10.5. The van der Waals surface area contributed by atoms with Crippen LogP contribution in [-0.4, -0.2) is 24.5 Å². The Hall–Kier alpha value is -1.23. The Morgan fingerprint density at radius 1 is 1.60 bits per heavy atom. The summed E-state index contributed by atoms with van der Waals surface area (Å²) in [7, 11) is 1.20. The molecule has 0 atom stereocenters. The number of methoxy groups -OCH3 is 1. The van der Waals surface area contributed by atoms with Crippen molar-refractivity contribution in [3.05, 3.63) is 28.5 Å². The zero-order valence-corrected chi connectivity index (χ0v) is 8.59. The number of esters is 1. The van der Waals surface area contributed by atoms with E-state index in [9.17, 15) is 13.6 Å². The topological polar surface area (TPSA) is 39.2 Å². The average Bonchev–Trinajstić information content (AvgIpc) is 2.19. The molecule has 1 heterocycles. The third kappa shape index (κ3) is 3.13. The second-order valence-corrected chi connectivity index (χ2v) is 3.09. The third-order valence-electron chi connectivity index (χ3n) is 1.69. The molecule has 0 aromatic carbocycles. The SMILES string of the molecule is COC(=O)c1ccc(CC(F)F)c(Cl)n1. The zero-order valence-electron chi connectivity index (χ0n) is 7.84. The predicted octanol–water partition coefficient (Wildman–Crippen LogP) is 2.33. The van der Waals surface area contributed by atoms with Crippen LogP contribution in [0.1, 0.15) is 16.1 Å². The van der Waals surface area contributed by atoms with Crippen molar-refractivity contribution in [3.8, 4) is 0 Å². The van der Waals surface area contributed by atoms with Crippen molar-refractivity contribution in [1.29, 1.82) is 0 Å². The van der Waals surface area contributed by atoms with E-state index in [2.05, 4.69) is 9.72 Å². The van der Waals surface area contributed by atoms with Gasteiger partial charge in [0.15, 0.2) is 0 Å². The number of ether oxygens (including phenoxy) is 1. The van der Waals surface area contributed by atoms with Gasteiger partial charge < -0.3 is 4.74 Å². The van der Waals surface area contributed by atoms with E-state index >= 15 is 0 Å². The molecule has 0 aliphatic carbocycles. The van der Waals surface area contributed by atoms with Gasteiger partial charge in [-0.1, -0.05) is 17.7 Å². The van der Waals surface area contributed by atoms with E-state index in [0.717, 1.165) is 0 Å². The van der Waals surface area contributed by atoms with Gasteiger partial charge in [0, 0.05) is 6.42 Å². The second-order valence-electron chi connectivity index (χ2n) is 2.73. The van der Waals surface area contributed by atoms with Crippen molar-refractivity contribution in [2.75, 3.05) is 7.11 Å². The summed E-state index contributed by atoms with van der Waals surface area (Å²) in [6.45, 7) is 0. The number of carbonyl (C=O) groups excluding carboxylic acids is 1. The first-order valence-electron chi connectivity index (χ1n) is 4.06. The summed E-state index contributed by atoms with van der Waals surface area (Å²) in [5, 5.41) is -0.0989. The number of rotatable bonds is 3. The lowest BCUT2D eigenvalue weighted by molar-refractivity contribution is 0.0594. The van der Waals surface area contributed by atoms with Crippen LogP contribution in [0.15, 0.2) is 12.1 Å². The predicted molar refractivity (Wildman–Crippen MR) is 50.3 cm³/mol. The number of halogens is 3. The van der Waals surface area contributed by atoms with Gasteiger partial charge in [-0.15, -0.1) is 0 Å². The van der Waals surface area contributed by atoms with Crippen LogP contribution in [0.2, 0.25) is 5.15 Å². The standard InChI is InChI=1S/C9H8ClF2NO2/c1-15-9(14)6-3-2-5(4-7(11)12)8(10)13-6/h2-3,7H,4H2,1H3. The van der Waals surface area contributed by atoms with Crippen molar-refractivity contribution >= 4 is 17.6 Å². The quantitative estimate of drug-likeness (QED) is 0.596. The minimum absolute atomic E-state index is 0.000478. The van der Waals surface area contributed by atoms with Gasteiger partial charge in [0.2, 0.25) is 6.43 Å². The van der Waals surface area contributed by atoms with E-state index in [-0.39, 0.29) is 16.4 Å². The molecule has 0 N–H and O–H groups in total. The molecule has 0 amide bonds. The molecule has 0 unspecified atom stereocenters. The van der Waals surface area contributed by atoms with Gasteiger partial charge in [0.05, 0.1) is 7.11 Å². The highest BCUT2D eigenvalue weighted by atomic mass is 35.5. The van der Waals surface area contributed by atoms with Crippen LogP contribution in [0.25, 0.3) is 0 Å². The lowest BCUT2D eigenvalue weighted by atomic mass is 10.2. The molecule has 1 aromatic rings. The van der Waals surface area contributed by atoms with Gasteiger partial charge in [-0.3, -0.25) is 0 Å². The Balaban J connectivity index is 2.93. The smallest absolute Gasteiger partial charge is 0.356 e. The summed E-state index contributed by atoms with van der Waals surface area (Å²) in [5.74, 6) is -0.652. The lowest BCUT2D eigenvalue weighted by Gasteiger charge is -2.04. The Labute approximate surface area is 90.0 Å². The van der Waals surface area contributed by atoms with E-state index < -0.39 is 18.8 Å². The number of carbonyl (C=O) groups is 1. The summed E-state index contributed by atoms with van der Waals surface area (Å²) < 4.78 is 28.5. The van der Waals surface area contributed by atoms with Gasteiger partial charge in [-0.25, -0.2) is 18.6 Å². The largest absolute Gasteiger partial charge is 0.464 e. The Bertz CT molecular complexity index is 371. The van der Waals surface area contributed by atoms with Crippen molar-refractivity contribution in [1.82, 2.24) is 4.98 Å². The molecule has 3 nitrogen and oxygen atoms in total. The van der Waals surface area contributed by atoms with Crippen molar-refractivity contribution in [2.24, 2.45) is 0 Å². The highest BCUT2D eigenvalue weighted by molar-refractivity contribution is 6.30. The van der Waals surface area contributed by atoms with E-state index in [4.69, 9.17) is 11.6 Å². The van der Waals surface area contributed by atoms with E-state index in [1.54, 1.807) is 0 Å². The minimum Gasteiger partial charge on any atom is -0.464 e. The molecule has 15 heavy (non-hydrogen) atoms. The fraction of sp³-hybridized carbons (Fsp3) is 0.333. The van der Waals surface area contributed by atoms with E-state index in [1.807, 2.05) is 0 Å². The van der Waals surface area contributed by atoms with Gasteiger partial charge in [-0.05, 0) is 11.6 Å². The number of pyridine rings is 1. The van der Waals surface area contributed by atoms with Crippen LogP contribution in [-0.2, 0) is 11.2 Å². The highest BCUT2D eigenvalue weighted by Crippen LogP contribution is 2.17. The summed E-state index contributed by atoms with van der Waals surface area (Å²) in [5.41, 5.74) is 0.208. The van der Waals surface area contributed by atoms with E-state index in [1.165, 1.54) is 19.2 Å². The van der Waals surface area contributed by atoms with Gasteiger partial charge in [0.25, 0.3) is 0 Å². The monoisotopic (exact) mass is 235 g/mol. The molecule has 0 saturated carbocycles. The van der Waals surface area contributed by atoms with Crippen LogP contribution in [0, 0.1) is 0 Å². The minimum atomic E-state index is -2.49. The molecular weight excluding hydrogens is 228 g/mol. The number of nitrogens with zero attached hydrogens (tertiary/aromatic N) is 1. The molecule has 6 heteroatoms. The number of hydrogen-bond acceptors (Lipinski definition) is 3. The van der Waals surface area contributed by atoms with Crippen LogP contribution in [0.5, 0.6) is 0 Å². The Kier molecular flexibility index (Phi) is 3.96. The zero-order chi connectivity index (χ0) is 11.4. The Morgan fingerprint density at radius 2 is 2.27 bits per heavy atom. The molecule has 0 radical (unpaired) electrons. The van der Waals surface area contributed by atoms with Crippen LogP contribution in [0.4, 0.5) is 8.78 Å². The van der Waals surface area contributed by atoms with Crippen LogP contribution >= 0.6 is 11.6 Å². The van der Waals surface area contributed by atoms with Gasteiger partial charge in [0.1, 0.15) is 10.8 Å². The summed E-state index contributed by atoms with van der Waals surface area (Å²) in [4.78, 5) is 14.7.